The topological polar surface area (TPSA) is 145 Å². The lowest BCUT2D eigenvalue weighted by atomic mass is 9.97. The van der Waals surface area contributed by atoms with Crippen molar-refractivity contribution in [1.29, 1.82) is 0 Å². The summed E-state index contributed by atoms with van der Waals surface area (Å²) >= 11 is 0. The number of piperidine rings is 1. The van der Waals surface area contributed by atoms with Gasteiger partial charge in [-0.1, -0.05) is 42.5 Å². The third kappa shape index (κ3) is 6.89. The number of carbonyl (C=O) groups excluding carboxylic acids is 2. The van der Waals surface area contributed by atoms with E-state index in [4.69, 9.17) is 4.74 Å². The first-order chi connectivity index (χ1) is 20.2. The van der Waals surface area contributed by atoms with Crippen LogP contribution in [0.5, 0.6) is 0 Å². The highest BCUT2D eigenvalue weighted by Crippen LogP contribution is 2.26. The highest BCUT2D eigenvalue weighted by Gasteiger charge is 2.35. The second-order valence-corrected chi connectivity index (χ2v) is 12.5. The number of aliphatic carboxylic acids is 1. The predicted octanol–water partition coefficient (Wildman–Crippen LogP) is 2.92. The van der Waals surface area contributed by atoms with Crippen molar-refractivity contribution in [3.63, 3.8) is 0 Å². The van der Waals surface area contributed by atoms with Crippen molar-refractivity contribution in [2.75, 3.05) is 44.7 Å². The van der Waals surface area contributed by atoms with Gasteiger partial charge in [0.1, 0.15) is 6.04 Å². The number of benzene rings is 3. The summed E-state index contributed by atoms with van der Waals surface area (Å²) in [6, 6.07) is 17.8. The predicted molar refractivity (Wildman–Crippen MR) is 157 cm³/mol. The van der Waals surface area contributed by atoms with E-state index in [0.29, 0.717) is 50.4 Å². The van der Waals surface area contributed by atoms with Crippen LogP contribution < -0.4 is 10.6 Å². The second-order valence-electron chi connectivity index (χ2n) is 10.5. The van der Waals surface area contributed by atoms with Gasteiger partial charge in [-0.3, -0.25) is 4.79 Å². The molecule has 0 bridgehead atoms. The molecule has 12 heteroatoms. The largest absolute Gasteiger partial charge is 0.480 e. The summed E-state index contributed by atoms with van der Waals surface area (Å²) in [5.74, 6) is -2.35. The molecule has 3 amide bonds. The number of carboxylic acid groups (broad SMARTS) is 1. The third-order valence-electron chi connectivity index (χ3n) is 7.67. The number of nitrogens with zero attached hydrogens (tertiary/aromatic N) is 2. The average Bonchev–Trinajstić information content (AvgIpc) is 3.01. The second kappa shape index (κ2) is 12.9. The zero-order valence-electron chi connectivity index (χ0n) is 23.1. The number of nitrogens with one attached hydrogen (secondary N) is 2. The number of hydrogen-bond acceptors (Lipinski definition) is 6. The minimum absolute atomic E-state index is 0.0229. The molecule has 0 aromatic heterocycles. The number of rotatable bonds is 8. The molecule has 222 valence electrons. The molecule has 0 spiro atoms. The Balaban J connectivity index is 1.19. The van der Waals surface area contributed by atoms with Crippen LogP contribution in [0.2, 0.25) is 0 Å². The fourth-order valence-corrected chi connectivity index (χ4v) is 6.83. The molecule has 1 unspecified atom stereocenters. The number of anilines is 1. The first-order valence-corrected chi connectivity index (χ1v) is 15.4. The van der Waals surface area contributed by atoms with Crippen molar-refractivity contribution < 1.29 is 32.6 Å². The van der Waals surface area contributed by atoms with E-state index >= 15 is 0 Å². The van der Waals surface area contributed by atoms with Crippen molar-refractivity contribution in [2.24, 2.45) is 5.92 Å². The molecule has 2 fully saturated rings. The number of urea groups is 1. The van der Waals surface area contributed by atoms with Gasteiger partial charge >= 0.3 is 12.0 Å². The van der Waals surface area contributed by atoms with Crippen LogP contribution in [-0.4, -0.2) is 86.1 Å². The molecule has 2 aliphatic heterocycles. The lowest BCUT2D eigenvalue weighted by molar-refractivity contribution is -0.142. The van der Waals surface area contributed by atoms with Crippen molar-refractivity contribution in [2.45, 2.75) is 30.2 Å². The Morgan fingerprint density at radius 3 is 2.38 bits per heavy atom. The number of ether oxygens (including phenoxy) is 1. The quantitative estimate of drug-likeness (QED) is 0.364. The van der Waals surface area contributed by atoms with E-state index in [1.165, 1.54) is 4.31 Å². The Hall–Kier alpha value is -4.00. The first-order valence-electron chi connectivity index (χ1n) is 14.0. The van der Waals surface area contributed by atoms with Crippen LogP contribution in [0.15, 0.2) is 71.6 Å². The zero-order valence-corrected chi connectivity index (χ0v) is 23.9. The van der Waals surface area contributed by atoms with E-state index in [0.717, 1.165) is 10.8 Å². The highest BCUT2D eigenvalue weighted by atomic mass is 32.2. The fourth-order valence-electron chi connectivity index (χ4n) is 5.27. The van der Waals surface area contributed by atoms with E-state index in [2.05, 4.69) is 10.6 Å². The van der Waals surface area contributed by atoms with Crippen LogP contribution in [0.1, 0.15) is 18.4 Å². The Labute approximate surface area is 244 Å². The maximum Gasteiger partial charge on any atom is 0.326 e. The Morgan fingerprint density at radius 2 is 1.67 bits per heavy atom. The molecule has 3 aromatic rings. The molecule has 0 aliphatic carbocycles. The molecule has 2 saturated heterocycles. The van der Waals surface area contributed by atoms with Crippen molar-refractivity contribution in [3.05, 3.63) is 72.3 Å². The summed E-state index contributed by atoms with van der Waals surface area (Å²) in [7, 11) is -3.84. The SMILES string of the molecule is O=C(N[C@@H](Cc1ccc(NC(=O)N2CCOCC2)cc1)C(=O)O)C1CCCN(S(=O)(=O)c2ccc3ccccc3c2)C1. The van der Waals surface area contributed by atoms with Gasteiger partial charge in [-0.25, -0.2) is 18.0 Å². The monoisotopic (exact) mass is 594 g/mol. The van der Waals surface area contributed by atoms with Gasteiger partial charge in [-0.2, -0.15) is 4.31 Å². The minimum atomic E-state index is -3.84. The van der Waals surface area contributed by atoms with Gasteiger partial charge in [0.05, 0.1) is 24.0 Å². The van der Waals surface area contributed by atoms with Crippen LogP contribution >= 0.6 is 0 Å². The van der Waals surface area contributed by atoms with E-state index in [-0.39, 0.29) is 30.4 Å². The number of hydrogen-bond donors (Lipinski definition) is 3. The first kappa shape index (κ1) is 29.5. The lowest BCUT2D eigenvalue weighted by Crippen LogP contribution is -2.50. The molecule has 3 aromatic carbocycles. The van der Waals surface area contributed by atoms with Crippen LogP contribution in [-0.2, 0) is 30.8 Å². The Kier molecular flexibility index (Phi) is 9.05. The molecular formula is C30H34N4O7S. The van der Waals surface area contributed by atoms with E-state index in [1.807, 2.05) is 24.3 Å². The maximum atomic E-state index is 13.4. The third-order valence-corrected chi connectivity index (χ3v) is 9.53. The molecular weight excluding hydrogens is 560 g/mol. The number of carbonyl (C=O) groups is 3. The summed E-state index contributed by atoms with van der Waals surface area (Å²) in [4.78, 5) is 39.4. The summed E-state index contributed by atoms with van der Waals surface area (Å²) in [5.41, 5.74) is 1.23. The van der Waals surface area contributed by atoms with Crippen molar-refractivity contribution >= 4 is 44.4 Å². The molecule has 2 aliphatic rings. The van der Waals surface area contributed by atoms with Crippen LogP contribution in [0.3, 0.4) is 0 Å². The lowest BCUT2D eigenvalue weighted by Gasteiger charge is -2.32. The number of fused-ring (bicyclic) bond motifs is 1. The van der Waals surface area contributed by atoms with E-state index in [9.17, 15) is 27.9 Å². The van der Waals surface area contributed by atoms with Crippen LogP contribution in [0, 0.1) is 5.92 Å². The highest BCUT2D eigenvalue weighted by molar-refractivity contribution is 7.89. The van der Waals surface area contributed by atoms with Gasteiger partial charge in [0, 0.05) is 38.3 Å². The number of sulfonamides is 1. The van der Waals surface area contributed by atoms with Gasteiger partial charge in [0.25, 0.3) is 0 Å². The van der Waals surface area contributed by atoms with Gasteiger partial charge in [0.15, 0.2) is 0 Å². The van der Waals surface area contributed by atoms with Crippen molar-refractivity contribution in [3.8, 4) is 0 Å². The number of amides is 3. The minimum Gasteiger partial charge on any atom is -0.480 e. The summed E-state index contributed by atoms with van der Waals surface area (Å²) in [6.07, 6.45) is 0.976. The molecule has 3 N–H and O–H groups in total. The fraction of sp³-hybridized carbons (Fsp3) is 0.367. The maximum absolute atomic E-state index is 13.4. The molecule has 0 saturated carbocycles. The van der Waals surface area contributed by atoms with Gasteiger partial charge in [0.2, 0.25) is 15.9 Å². The molecule has 11 nitrogen and oxygen atoms in total. The number of morpholine rings is 1. The van der Waals surface area contributed by atoms with Crippen LogP contribution in [0.4, 0.5) is 10.5 Å². The van der Waals surface area contributed by atoms with Crippen LogP contribution in [0.25, 0.3) is 10.8 Å². The standard InChI is InChI=1S/C30H34N4O7S/c35-28(24-6-3-13-34(20-24)42(39,40)26-12-9-22-4-1-2-5-23(22)19-26)32-27(29(36)37)18-21-7-10-25(11-8-21)31-30(38)33-14-16-41-17-15-33/h1-2,4-5,7-12,19,24,27H,3,6,13-18,20H2,(H,31,38)(H,32,35)(H,36,37)/t24?,27-/m0/s1. The molecule has 5 rings (SSSR count). The van der Waals surface area contributed by atoms with Gasteiger partial charge in [-0.05, 0) is 53.4 Å². The van der Waals surface area contributed by atoms with Crippen molar-refractivity contribution in [1.82, 2.24) is 14.5 Å². The van der Waals surface area contributed by atoms with Gasteiger partial charge in [-0.15, -0.1) is 0 Å². The molecule has 0 radical (unpaired) electrons. The number of carboxylic acids is 1. The Bertz CT molecular complexity index is 1560. The molecule has 2 atom stereocenters. The smallest absolute Gasteiger partial charge is 0.326 e. The van der Waals surface area contributed by atoms with E-state index in [1.54, 1.807) is 47.4 Å². The zero-order chi connectivity index (χ0) is 29.7. The molecule has 42 heavy (non-hydrogen) atoms. The summed E-state index contributed by atoms with van der Waals surface area (Å²) < 4.78 is 33.4. The van der Waals surface area contributed by atoms with E-state index < -0.39 is 33.9 Å². The summed E-state index contributed by atoms with van der Waals surface area (Å²) in [6.45, 7) is 2.28. The Morgan fingerprint density at radius 1 is 0.952 bits per heavy atom. The van der Waals surface area contributed by atoms with Gasteiger partial charge < -0.3 is 25.4 Å². The normalized spacial score (nSPS) is 18.8. The average molecular weight is 595 g/mol. The molecule has 2 heterocycles. The summed E-state index contributed by atoms with van der Waals surface area (Å²) in [5, 5.41) is 17.0.